The van der Waals surface area contributed by atoms with Crippen molar-refractivity contribution < 1.29 is 9.18 Å². The third-order valence-corrected chi connectivity index (χ3v) is 6.17. The number of hydrogen-bond acceptors (Lipinski definition) is 6. The molecule has 2 N–H and O–H groups in total. The van der Waals surface area contributed by atoms with Crippen LogP contribution < -0.4 is 15.5 Å². The van der Waals surface area contributed by atoms with Gasteiger partial charge in [-0.1, -0.05) is 6.92 Å². The highest BCUT2D eigenvalue weighted by Gasteiger charge is 2.24. The van der Waals surface area contributed by atoms with E-state index in [0.717, 1.165) is 24.2 Å². The predicted octanol–water partition coefficient (Wildman–Crippen LogP) is 3.66. The highest BCUT2D eigenvalue weighted by Crippen LogP contribution is 2.30. The van der Waals surface area contributed by atoms with Crippen LogP contribution in [0.2, 0.25) is 0 Å². The van der Waals surface area contributed by atoms with Crippen LogP contribution in [-0.2, 0) is 13.5 Å². The van der Waals surface area contributed by atoms with Crippen LogP contribution in [0.5, 0.6) is 0 Å². The van der Waals surface area contributed by atoms with Gasteiger partial charge in [-0.3, -0.25) is 9.48 Å². The van der Waals surface area contributed by atoms with E-state index in [9.17, 15) is 9.18 Å². The number of aromatic nitrogens is 4. The van der Waals surface area contributed by atoms with Gasteiger partial charge in [0, 0.05) is 73.2 Å². The molecule has 176 valence electrons. The minimum atomic E-state index is -0.480. The van der Waals surface area contributed by atoms with Crippen LogP contribution in [0.4, 0.5) is 15.8 Å². The van der Waals surface area contributed by atoms with Crippen LogP contribution in [0.15, 0.2) is 36.7 Å². The molecule has 2 aromatic carbocycles. The Morgan fingerprint density at radius 1 is 1.21 bits per heavy atom. The van der Waals surface area contributed by atoms with E-state index in [-0.39, 0.29) is 11.4 Å². The molecule has 0 aliphatic carbocycles. The lowest BCUT2D eigenvalue weighted by atomic mass is 10.0. The molecule has 1 amide bonds. The summed E-state index contributed by atoms with van der Waals surface area (Å²) in [7, 11) is 1.73. The van der Waals surface area contributed by atoms with Crippen LogP contribution in [0.3, 0.4) is 0 Å². The van der Waals surface area contributed by atoms with Gasteiger partial charge in [-0.15, -0.1) is 0 Å². The number of halogens is 1. The summed E-state index contributed by atoms with van der Waals surface area (Å²) in [5, 5.41) is 12.0. The molecule has 1 aliphatic heterocycles. The van der Waals surface area contributed by atoms with E-state index in [4.69, 9.17) is 4.98 Å². The number of rotatable bonds is 4. The third-order valence-electron chi connectivity index (χ3n) is 6.17. The van der Waals surface area contributed by atoms with E-state index >= 15 is 0 Å². The zero-order chi connectivity index (χ0) is 24.0. The smallest absolute Gasteiger partial charge is 0.257 e. The summed E-state index contributed by atoms with van der Waals surface area (Å²) in [6.45, 7) is 8.01. The van der Waals surface area contributed by atoms with E-state index < -0.39 is 5.82 Å². The number of amides is 1. The summed E-state index contributed by atoms with van der Waals surface area (Å²) >= 11 is 0. The van der Waals surface area contributed by atoms with E-state index in [2.05, 4.69) is 39.5 Å². The maximum absolute atomic E-state index is 14.5. The highest BCUT2D eigenvalue weighted by atomic mass is 19.1. The lowest BCUT2D eigenvalue weighted by molar-refractivity contribution is 0.102. The van der Waals surface area contributed by atoms with Crippen molar-refractivity contribution in [3.63, 3.8) is 0 Å². The zero-order valence-corrected chi connectivity index (χ0v) is 19.8. The van der Waals surface area contributed by atoms with E-state index in [1.807, 2.05) is 19.2 Å². The Morgan fingerprint density at radius 3 is 2.71 bits per heavy atom. The van der Waals surface area contributed by atoms with Crippen LogP contribution in [0.25, 0.3) is 21.8 Å². The molecule has 0 bridgehead atoms. The van der Waals surface area contributed by atoms with Crippen molar-refractivity contribution >= 4 is 39.1 Å². The Balaban J connectivity index is 1.54. The van der Waals surface area contributed by atoms with Crippen molar-refractivity contribution in [2.24, 2.45) is 7.05 Å². The van der Waals surface area contributed by atoms with E-state index in [1.165, 1.54) is 6.07 Å². The first-order chi connectivity index (χ1) is 16.3. The maximum Gasteiger partial charge on any atom is 0.257 e. The molecule has 1 fully saturated rings. The molecule has 1 saturated heterocycles. The number of anilines is 2. The number of nitrogens with zero attached hydrogens (tertiary/aromatic N) is 5. The lowest BCUT2D eigenvalue weighted by Gasteiger charge is -2.38. The topological polar surface area (TPSA) is 88.0 Å². The summed E-state index contributed by atoms with van der Waals surface area (Å²) in [6, 6.07) is 7.46. The van der Waals surface area contributed by atoms with Crippen LogP contribution >= 0.6 is 0 Å². The van der Waals surface area contributed by atoms with Gasteiger partial charge in [-0.05, 0) is 38.1 Å². The monoisotopic (exact) mass is 461 g/mol. The van der Waals surface area contributed by atoms with Gasteiger partial charge >= 0.3 is 0 Å². The largest absolute Gasteiger partial charge is 0.368 e. The molecule has 4 aromatic rings. The predicted molar refractivity (Wildman–Crippen MR) is 132 cm³/mol. The van der Waals surface area contributed by atoms with E-state index in [1.54, 1.807) is 30.1 Å². The normalized spacial score (nSPS) is 18.6. The zero-order valence-electron chi connectivity index (χ0n) is 19.8. The Hall–Kier alpha value is -3.59. The summed E-state index contributed by atoms with van der Waals surface area (Å²) < 4.78 is 16.1. The van der Waals surface area contributed by atoms with Crippen LogP contribution in [0.1, 0.15) is 37.0 Å². The van der Waals surface area contributed by atoms with Crippen LogP contribution in [-0.4, -0.2) is 50.8 Å². The number of carbonyl (C=O) groups excluding carboxylic acids is 1. The van der Waals surface area contributed by atoms with Gasteiger partial charge in [0.25, 0.3) is 5.91 Å². The summed E-state index contributed by atoms with van der Waals surface area (Å²) in [4.78, 5) is 24.9. The summed E-state index contributed by atoms with van der Waals surface area (Å²) in [5.41, 5.74) is 2.68. The van der Waals surface area contributed by atoms with Crippen molar-refractivity contribution in [2.45, 2.75) is 39.3 Å². The average Bonchev–Trinajstić information content (AvgIpc) is 3.18. The van der Waals surface area contributed by atoms with Gasteiger partial charge in [0.1, 0.15) is 11.3 Å². The number of aryl methyl sites for hydroxylation is 2. The first-order valence-corrected chi connectivity index (χ1v) is 11.6. The van der Waals surface area contributed by atoms with Crippen LogP contribution in [0, 0.1) is 5.82 Å². The summed E-state index contributed by atoms with van der Waals surface area (Å²) in [6.07, 6.45) is 4.19. The second kappa shape index (κ2) is 8.64. The third kappa shape index (κ3) is 4.07. The Bertz CT molecular complexity index is 1390. The summed E-state index contributed by atoms with van der Waals surface area (Å²) in [5.74, 6) is -0.156. The fourth-order valence-electron chi connectivity index (χ4n) is 4.78. The molecule has 2 aromatic heterocycles. The SMILES string of the molecule is CCc1ncc2c(N3CC(C)NC(C)C3)ccc(C(=O)Nc3cc(F)c4nn(C)cc4c3)c2n1. The standard InChI is InChI=1S/C25H28FN7O/c1-5-22-27-10-19-21(33-11-14(2)28-15(3)12-33)7-6-18(24(19)30-22)25(34)29-17-8-16-13-32(4)31-23(16)20(26)9-17/h6-10,13-15,28H,5,11-12H2,1-4H3,(H,29,34). The molecule has 2 atom stereocenters. The molecule has 0 saturated carbocycles. The Morgan fingerprint density at radius 2 is 1.97 bits per heavy atom. The van der Waals surface area contributed by atoms with Crippen molar-refractivity contribution in [3.05, 3.63) is 53.9 Å². The van der Waals surface area contributed by atoms with Gasteiger partial charge < -0.3 is 15.5 Å². The number of piperazine rings is 1. The molecule has 0 radical (unpaired) electrons. The van der Waals surface area contributed by atoms with Gasteiger partial charge in [0.05, 0.1) is 11.1 Å². The minimum Gasteiger partial charge on any atom is -0.368 e. The molecule has 9 heteroatoms. The van der Waals surface area contributed by atoms with Gasteiger partial charge in [0.2, 0.25) is 0 Å². The van der Waals surface area contributed by atoms with E-state index in [0.29, 0.717) is 46.5 Å². The van der Waals surface area contributed by atoms with Crippen molar-refractivity contribution in [2.75, 3.05) is 23.3 Å². The first kappa shape index (κ1) is 22.2. The number of nitrogens with one attached hydrogen (secondary N) is 2. The van der Waals surface area contributed by atoms with Gasteiger partial charge in [-0.25, -0.2) is 14.4 Å². The number of benzene rings is 2. The molecule has 0 spiro atoms. The fraction of sp³-hybridized carbons (Fsp3) is 0.360. The number of carbonyl (C=O) groups is 1. The molecule has 1 aliphatic rings. The fourth-order valence-corrected chi connectivity index (χ4v) is 4.78. The first-order valence-electron chi connectivity index (χ1n) is 11.6. The second-order valence-electron chi connectivity index (χ2n) is 9.06. The van der Waals surface area contributed by atoms with Crippen molar-refractivity contribution in [1.82, 2.24) is 25.1 Å². The van der Waals surface area contributed by atoms with Crippen molar-refractivity contribution in [3.8, 4) is 0 Å². The molecule has 34 heavy (non-hydrogen) atoms. The molecule has 2 unspecified atom stereocenters. The quantitative estimate of drug-likeness (QED) is 0.482. The molecule has 8 nitrogen and oxygen atoms in total. The molecule has 5 rings (SSSR count). The Kier molecular flexibility index (Phi) is 5.65. The van der Waals surface area contributed by atoms with Gasteiger partial charge in [-0.2, -0.15) is 5.10 Å². The lowest BCUT2D eigenvalue weighted by Crippen LogP contribution is -2.54. The minimum absolute atomic E-state index is 0.273. The number of fused-ring (bicyclic) bond motifs is 2. The molecular weight excluding hydrogens is 433 g/mol. The Labute approximate surface area is 197 Å². The van der Waals surface area contributed by atoms with Gasteiger partial charge in [0.15, 0.2) is 5.82 Å². The second-order valence-corrected chi connectivity index (χ2v) is 9.06. The molecule has 3 heterocycles. The average molecular weight is 462 g/mol. The highest BCUT2D eigenvalue weighted by molar-refractivity contribution is 6.14. The van der Waals surface area contributed by atoms with Crippen molar-refractivity contribution in [1.29, 1.82) is 0 Å². The number of hydrogen-bond donors (Lipinski definition) is 2. The maximum atomic E-state index is 14.5. The molecular formula is C25H28FN7O.